The number of anilines is 1. The Balaban J connectivity index is 2.03. The molecular formula is C19H26N6O. The minimum atomic E-state index is -0.155. The van der Waals surface area contributed by atoms with Crippen molar-refractivity contribution in [2.24, 2.45) is 0 Å². The molecule has 1 aromatic carbocycles. The maximum absolute atomic E-state index is 11.7. The number of imidazole rings is 1. The quantitative estimate of drug-likeness (QED) is 0.608. The second-order valence-electron chi connectivity index (χ2n) is 6.28. The molecule has 0 saturated carbocycles. The molecule has 0 bridgehead atoms. The molecule has 0 aliphatic rings. The van der Waals surface area contributed by atoms with Crippen molar-refractivity contribution in [2.75, 3.05) is 18.8 Å². The van der Waals surface area contributed by atoms with Crippen molar-refractivity contribution in [3.05, 3.63) is 30.1 Å². The van der Waals surface area contributed by atoms with Gasteiger partial charge < -0.3 is 20.9 Å². The highest BCUT2D eigenvalue weighted by Gasteiger charge is 2.16. The number of nitrogen functional groups attached to an aromatic ring is 1. The number of amides is 2. The summed E-state index contributed by atoms with van der Waals surface area (Å²) in [5.74, 6) is 1.44. The number of aryl methyl sites for hydroxylation is 1. The summed E-state index contributed by atoms with van der Waals surface area (Å²) in [7, 11) is 0. The highest BCUT2D eigenvalue weighted by Crippen LogP contribution is 2.29. The van der Waals surface area contributed by atoms with Crippen molar-refractivity contribution in [3.63, 3.8) is 0 Å². The number of hydrogen-bond donors (Lipinski definition) is 3. The van der Waals surface area contributed by atoms with E-state index in [9.17, 15) is 4.79 Å². The number of rotatable bonds is 7. The third kappa shape index (κ3) is 3.56. The number of urea groups is 1. The summed E-state index contributed by atoms with van der Waals surface area (Å²) < 4.78 is 2.18. The topological polar surface area (TPSA) is 97.9 Å². The van der Waals surface area contributed by atoms with Crippen LogP contribution in [0.25, 0.3) is 21.9 Å². The van der Waals surface area contributed by atoms with Crippen LogP contribution in [0.5, 0.6) is 0 Å². The summed E-state index contributed by atoms with van der Waals surface area (Å²) in [6, 6.07) is 7.80. The van der Waals surface area contributed by atoms with Gasteiger partial charge in [-0.2, -0.15) is 0 Å². The number of nitrogens with zero attached hydrogens (tertiary/aromatic N) is 3. The predicted molar refractivity (Wildman–Crippen MR) is 105 cm³/mol. The van der Waals surface area contributed by atoms with Gasteiger partial charge in [-0.3, -0.25) is 0 Å². The van der Waals surface area contributed by atoms with Gasteiger partial charge in [-0.05, 0) is 19.4 Å². The van der Waals surface area contributed by atoms with Crippen molar-refractivity contribution in [2.45, 2.75) is 39.7 Å². The first-order valence-corrected chi connectivity index (χ1v) is 9.20. The van der Waals surface area contributed by atoms with Crippen LogP contribution in [0.1, 0.15) is 32.5 Å². The molecule has 2 heterocycles. The van der Waals surface area contributed by atoms with Gasteiger partial charge in [0.2, 0.25) is 0 Å². The molecule has 0 spiro atoms. The maximum Gasteiger partial charge on any atom is 0.314 e. The summed E-state index contributed by atoms with van der Waals surface area (Å²) in [5.41, 5.74) is 8.78. The summed E-state index contributed by atoms with van der Waals surface area (Å²) in [6.07, 6.45) is 3.02. The molecule has 4 N–H and O–H groups in total. The Labute approximate surface area is 153 Å². The largest absolute Gasteiger partial charge is 0.382 e. The van der Waals surface area contributed by atoms with Crippen LogP contribution in [-0.2, 0) is 13.0 Å². The maximum atomic E-state index is 11.7. The summed E-state index contributed by atoms with van der Waals surface area (Å²) in [4.78, 5) is 21.0. The SMILES string of the molecule is CCCCc1nc2c(N)nc3ccccc3c2n1CCNC(=O)NCC. The Morgan fingerprint density at radius 1 is 1.19 bits per heavy atom. The van der Waals surface area contributed by atoms with Gasteiger partial charge in [0.05, 0.1) is 11.0 Å². The number of nitrogens with two attached hydrogens (primary N) is 1. The van der Waals surface area contributed by atoms with Crippen molar-refractivity contribution in [3.8, 4) is 0 Å². The number of fused-ring (bicyclic) bond motifs is 3. The molecule has 0 atom stereocenters. The van der Waals surface area contributed by atoms with Gasteiger partial charge in [0, 0.05) is 31.4 Å². The van der Waals surface area contributed by atoms with Crippen molar-refractivity contribution in [1.29, 1.82) is 0 Å². The zero-order chi connectivity index (χ0) is 18.5. The first-order chi connectivity index (χ1) is 12.7. The minimum absolute atomic E-state index is 0.155. The van der Waals surface area contributed by atoms with E-state index in [-0.39, 0.29) is 6.03 Å². The average molecular weight is 354 g/mol. The van der Waals surface area contributed by atoms with E-state index >= 15 is 0 Å². The van der Waals surface area contributed by atoms with E-state index in [0.717, 1.165) is 47.0 Å². The van der Waals surface area contributed by atoms with E-state index < -0.39 is 0 Å². The zero-order valence-electron chi connectivity index (χ0n) is 15.4. The lowest BCUT2D eigenvalue weighted by Crippen LogP contribution is -2.37. The van der Waals surface area contributed by atoms with Gasteiger partial charge in [-0.15, -0.1) is 0 Å². The lowest BCUT2D eigenvalue weighted by atomic mass is 10.2. The molecular weight excluding hydrogens is 328 g/mol. The Morgan fingerprint density at radius 2 is 2.00 bits per heavy atom. The number of pyridine rings is 1. The molecule has 0 saturated heterocycles. The smallest absolute Gasteiger partial charge is 0.314 e. The lowest BCUT2D eigenvalue weighted by Gasteiger charge is -2.12. The highest BCUT2D eigenvalue weighted by atomic mass is 16.2. The number of nitrogens with one attached hydrogen (secondary N) is 2. The van der Waals surface area contributed by atoms with E-state index in [1.54, 1.807) is 0 Å². The molecule has 3 aromatic rings. The molecule has 0 aliphatic heterocycles. The lowest BCUT2D eigenvalue weighted by molar-refractivity contribution is 0.241. The Kier molecular flexibility index (Phi) is 5.55. The number of hydrogen-bond acceptors (Lipinski definition) is 4. The Hall–Kier alpha value is -2.83. The van der Waals surface area contributed by atoms with E-state index in [4.69, 9.17) is 10.7 Å². The van der Waals surface area contributed by atoms with Crippen LogP contribution < -0.4 is 16.4 Å². The number of unbranched alkanes of at least 4 members (excludes halogenated alkanes) is 1. The number of carbonyl (C=O) groups is 1. The molecule has 0 aliphatic carbocycles. The first kappa shape index (κ1) is 18.0. The predicted octanol–water partition coefficient (Wildman–Crippen LogP) is 2.83. The van der Waals surface area contributed by atoms with E-state index in [2.05, 4.69) is 27.1 Å². The first-order valence-electron chi connectivity index (χ1n) is 9.20. The summed E-state index contributed by atoms with van der Waals surface area (Å²) in [5, 5.41) is 6.66. The third-order valence-electron chi connectivity index (χ3n) is 4.40. The number of para-hydroxylation sites is 1. The molecule has 3 rings (SSSR count). The Bertz CT molecular complexity index is 917. The summed E-state index contributed by atoms with van der Waals surface area (Å²) >= 11 is 0. The van der Waals surface area contributed by atoms with Gasteiger partial charge in [0.15, 0.2) is 5.82 Å². The molecule has 26 heavy (non-hydrogen) atoms. The van der Waals surface area contributed by atoms with Crippen LogP contribution in [0.2, 0.25) is 0 Å². The van der Waals surface area contributed by atoms with Gasteiger partial charge in [-0.25, -0.2) is 14.8 Å². The number of benzene rings is 1. The minimum Gasteiger partial charge on any atom is -0.382 e. The third-order valence-corrected chi connectivity index (χ3v) is 4.40. The van der Waals surface area contributed by atoms with Crippen LogP contribution in [0, 0.1) is 0 Å². The van der Waals surface area contributed by atoms with E-state index in [0.29, 0.717) is 25.5 Å². The van der Waals surface area contributed by atoms with Gasteiger partial charge in [0.1, 0.15) is 11.3 Å². The van der Waals surface area contributed by atoms with Gasteiger partial charge >= 0.3 is 6.03 Å². The number of aromatic nitrogens is 3. The molecule has 2 amide bonds. The van der Waals surface area contributed by atoms with Crippen molar-refractivity contribution < 1.29 is 4.79 Å². The normalized spacial score (nSPS) is 11.2. The fourth-order valence-electron chi connectivity index (χ4n) is 3.18. The molecule has 0 unspecified atom stereocenters. The molecule has 138 valence electrons. The molecule has 0 radical (unpaired) electrons. The van der Waals surface area contributed by atoms with Crippen LogP contribution in [0.15, 0.2) is 24.3 Å². The van der Waals surface area contributed by atoms with Crippen molar-refractivity contribution in [1.82, 2.24) is 25.2 Å². The van der Waals surface area contributed by atoms with Crippen LogP contribution in [0.3, 0.4) is 0 Å². The zero-order valence-corrected chi connectivity index (χ0v) is 15.4. The second-order valence-corrected chi connectivity index (χ2v) is 6.28. The standard InChI is InChI=1S/C19H26N6O/c1-3-5-10-15-24-16-17(25(15)12-11-22-19(26)21-4-2)13-8-6-7-9-14(13)23-18(16)20/h6-9H,3-5,10-12H2,1-2H3,(H2,20,23)(H2,21,22,26). The van der Waals surface area contributed by atoms with E-state index in [1.165, 1.54) is 0 Å². The van der Waals surface area contributed by atoms with E-state index in [1.807, 2.05) is 31.2 Å². The molecule has 7 nitrogen and oxygen atoms in total. The average Bonchev–Trinajstić information content (AvgIpc) is 3.00. The van der Waals surface area contributed by atoms with Gasteiger partial charge in [0.25, 0.3) is 0 Å². The van der Waals surface area contributed by atoms with Crippen LogP contribution in [0.4, 0.5) is 10.6 Å². The van der Waals surface area contributed by atoms with Gasteiger partial charge in [-0.1, -0.05) is 31.5 Å². The van der Waals surface area contributed by atoms with Crippen LogP contribution >= 0.6 is 0 Å². The monoisotopic (exact) mass is 354 g/mol. The molecule has 7 heteroatoms. The number of carbonyl (C=O) groups excluding carboxylic acids is 1. The second kappa shape index (κ2) is 8.03. The van der Waals surface area contributed by atoms with Crippen LogP contribution in [-0.4, -0.2) is 33.7 Å². The van der Waals surface area contributed by atoms with Crippen molar-refractivity contribution >= 4 is 33.8 Å². The summed E-state index contributed by atoms with van der Waals surface area (Å²) in [6.45, 7) is 5.82. The Morgan fingerprint density at radius 3 is 2.77 bits per heavy atom. The molecule has 0 fully saturated rings. The fraction of sp³-hybridized carbons (Fsp3) is 0.421. The highest BCUT2D eigenvalue weighted by molar-refractivity contribution is 6.06. The molecule has 2 aromatic heterocycles. The fourth-order valence-corrected chi connectivity index (χ4v) is 3.18.